The highest BCUT2D eigenvalue weighted by molar-refractivity contribution is 5.69. The van der Waals surface area contributed by atoms with Gasteiger partial charge in [-0.15, -0.1) is 0 Å². The second-order valence-electron chi connectivity index (χ2n) is 23.5. The SMILES string of the molecule is CCCCCCCCCCCCCCCC(=O)O[C@H]1[C@@H](O[C@H]2O[C@H](COCc3ccc(OC)c(OC)c3)[C@@H](OCc3ccccc3)[C@H](OCc3ccccc3)[C@H]2OCc2ccc(OC)cc2)O[C@H](COCc2ccc(OC)c(OC)c2)[C@@H](OCc2ccccc2)[C@@H]1O. The van der Waals surface area contributed by atoms with Crippen molar-refractivity contribution in [1.82, 2.24) is 0 Å². The second kappa shape index (κ2) is 39.8. The third-order valence-electron chi connectivity index (χ3n) is 16.7. The molecule has 0 saturated carbocycles. The molecule has 2 aliphatic rings. The van der Waals surface area contributed by atoms with Crippen molar-refractivity contribution in [3.8, 4) is 28.7 Å². The van der Waals surface area contributed by atoms with Crippen LogP contribution in [0.4, 0.5) is 0 Å². The summed E-state index contributed by atoms with van der Waals surface area (Å²) in [5, 5.41) is 12.9. The van der Waals surface area contributed by atoms with E-state index in [2.05, 4.69) is 6.92 Å². The lowest BCUT2D eigenvalue weighted by molar-refractivity contribution is -0.389. The Hall–Kier alpha value is -6.61. The van der Waals surface area contributed by atoms with Crippen LogP contribution in [0.25, 0.3) is 0 Å². The van der Waals surface area contributed by atoms with Crippen LogP contribution in [0.2, 0.25) is 0 Å². The van der Waals surface area contributed by atoms with E-state index in [0.29, 0.717) is 35.2 Å². The van der Waals surface area contributed by atoms with E-state index in [4.69, 9.17) is 71.1 Å². The summed E-state index contributed by atoms with van der Waals surface area (Å²) in [6.45, 7) is 2.96. The Labute approximate surface area is 545 Å². The number of aliphatic hydroxyl groups is 1. The molecule has 0 radical (unpaired) electrons. The lowest BCUT2D eigenvalue weighted by Crippen LogP contribution is -2.65. The van der Waals surface area contributed by atoms with Gasteiger partial charge in [-0.1, -0.05) is 199 Å². The van der Waals surface area contributed by atoms with Crippen molar-refractivity contribution in [2.75, 3.05) is 48.8 Å². The third-order valence-corrected chi connectivity index (χ3v) is 16.7. The predicted molar refractivity (Wildman–Crippen MR) is 350 cm³/mol. The van der Waals surface area contributed by atoms with E-state index >= 15 is 0 Å². The quantitative estimate of drug-likeness (QED) is 0.0283. The Balaban J connectivity index is 1.12. The van der Waals surface area contributed by atoms with Crippen molar-refractivity contribution in [2.24, 2.45) is 0 Å². The van der Waals surface area contributed by atoms with Gasteiger partial charge in [-0.05, 0) is 76.2 Å². The first-order chi connectivity index (χ1) is 45.2. The fourth-order valence-corrected chi connectivity index (χ4v) is 11.5. The zero-order chi connectivity index (χ0) is 64.5. The molecule has 17 heteroatoms. The maximum Gasteiger partial charge on any atom is 0.306 e. The van der Waals surface area contributed by atoms with Crippen LogP contribution in [0, 0.1) is 0 Å². The van der Waals surface area contributed by atoms with E-state index in [1.54, 1.807) is 35.5 Å². The maximum absolute atomic E-state index is 14.4. The van der Waals surface area contributed by atoms with Crippen LogP contribution in [0.5, 0.6) is 28.7 Å². The molecule has 500 valence electrons. The highest BCUT2D eigenvalue weighted by Crippen LogP contribution is 2.37. The molecule has 92 heavy (non-hydrogen) atoms. The summed E-state index contributed by atoms with van der Waals surface area (Å²) in [4.78, 5) is 14.4. The lowest BCUT2D eigenvalue weighted by atomic mass is 9.96. The van der Waals surface area contributed by atoms with Crippen LogP contribution in [0.15, 0.2) is 152 Å². The molecule has 0 aliphatic carbocycles. The first kappa shape index (κ1) is 71.2. The molecule has 1 N–H and O–H groups in total. The van der Waals surface area contributed by atoms with Crippen molar-refractivity contribution in [3.05, 3.63) is 185 Å². The number of carbonyl (C=O) groups is 1. The van der Waals surface area contributed by atoms with Crippen LogP contribution < -0.4 is 23.7 Å². The Kier molecular flexibility index (Phi) is 30.8. The predicted octanol–water partition coefficient (Wildman–Crippen LogP) is 14.0. The van der Waals surface area contributed by atoms with Crippen molar-refractivity contribution in [1.29, 1.82) is 0 Å². The number of carbonyl (C=O) groups excluding carboxylic acids is 1. The number of esters is 1. The number of benzene rings is 6. The smallest absolute Gasteiger partial charge is 0.306 e. The third kappa shape index (κ3) is 22.6. The van der Waals surface area contributed by atoms with Gasteiger partial charge in [-0.25, -0.2) is 0 Å². The van der Waals surface area contributed by atoms with Crippen LogP contribution in [-0.2, 0) is 91.8 Å². The molecule has 2 saturated heterocycles. The van der Waals surface area contributed by atoms with Crippen molar-refractivity contribution in [3.63, 3.8) is 0 Å². The number of methoxy groups -OCH3 is 5. The minimum absolute atomic E-state index is 0.0161. The first-order valence-electron chi connectivity index (χ1n) is 32.8. The van der Waals surface area contributed by atoms with Crippen molar-refractivity contribution < 1.29 is 81.0 Å². The topological polar surface area (TPSA) is 176 Å². The monoisotopic (exact) mass is 1270 g/mol. The van der Waals surface area contributed by atoms with E-state index in [1.165, 1.54) is 57.8 Å². The van der Waals surface area contributed by atoms with Crippen LogP contribution in [0.3, 0.4) is 0 Å². The molecule has 2 heterocycles. The summed E-state index contributed by atoms with van der Waals surface area (Å²) in [5.74, 6) is 2.41. The standard InChI is InChI=1S/C75H98O17/c1-7-8-9-10-11-12-13-14-15-16-17-18-28-35-67(76)91-71-68(77)69(85-48-54-29-22-19-23-30-54)65(52-83-46-58-38-42-61(79-3)63(44-58)81-5)89-74(71)92-75-73(88-51-57-36-40-60(78-2)41-37-57)72(87-50-56-33-26-21-27-34-56)70(86-49-55-31-24-20-25-32-55)66(90-75)53-84-47-59-39-43-62(80-4)64(45-59)82-6/h19-27,29-34,36-45,65-66,68-75,77H,7-18,28,35,46-53H2,1-6H3/t65-,66-,68+,69-,70-,71-,72+,73-,74-,75-/m1/s1. The van der Waals surface area contributed by atoms with Gasteiger partial charge in [0.15, 0.2) is 35.4 Å². The number of hydrogen-bond acceptors (Lipinski definition) is 17. The second-order valence-corrected chi connectivity index (χ2v) is 23.5. The summed E-state index contributed by atoms with van der Waals surface area (Å²) in [6, 6.07) is 48.0. The fraction of sp³-hybridized carbons (Fsp3) is 0.507. The van der Waals surface area contributed by atoms with Crippen LogP contribution in [-0.4, -0.2) is 121 Å². The van der Waals surface area contributed by atoms with Gasteiger partial charge in [-0.3, -0.25) is 4.79 Å². The van der Waals surface area contributed by atoms with E-state index in [1.807, 2.05) is 152 Å². The summed E-state index contributed by atoms with van der Waals surface area (Å²) in [6.07, 6.45) is 3.58. The summed E-state index contributed by atoms with van der Waals surface area (Å²) in [5.41, 5.74) is 5.12. The van der Waals surface area contributed by atoms with Crippen LogP contribution in [0.1, 0.15) is 130 Å². The molecule has 0 amide bonds. The molecule has 6 aromatic rings. The van der Waals surface area contributed by atoms with Gasteiger partial charge in [0.05, 0.1) is 88.4 Å². The largest absolute Gasteiger partial charge is 0.497 e. The minimum atomic E-state index is -1.50. The molecular weight excluding hydrogens is 1170 g/mol. The summed E-state index contributed by atoms with van der Waals surface area (Å²) < 4.78 is 96.5. The molecule has 0 aromatic heterocycles. The zero-order valence-electron chi connectivity index (χ0n) is 54.7. The Morgan fingerprint density at radius 3 is 1.24 bits per heavy atom. The number of unbranched alkanes of at least 4 members (excludes halogenated alkanes) is 12. The van der Waals surface area contributed by atoms with E-state index < -0.39 is 67.4 Å². The zero-order valence-corrected chi connectivity index (χ0v) is 54.7. The number of aliphatic hydroxyl groups excluding tert-OH is 1. The summed E-state index contributed by atoms with van der Waals surface area (Å²) in [7, 11) is 7.95. The Bertz CT molecular complexity index is 2970. The summed E-state index contributed by atoms with van der Waals surface area (Å²) >= 11 is 0. The normalized spacial score (nSPS) is 21.3. The highest BCUT2D eigenvalue weighted by Gasteiger charge is 2.54. The van der Waals surface area contributed by atoms with Gasteiger partial charge in [0.25, 0.3) is 0 Å². The molecule has 2 fully saturated rings. The molecule has 0 bridgehead atoms. The van der Waals surface area contributed by atoms with Gasteiger partial charge >= 0.3 is 5.97 Å². The molecule has 10 atom stereocenters. The Morgan fingerprint density at radius 2 is 0.783 bits per heavy atom. The van der Waals surface area contributed by atoms with E-state index in [9.17, 15) is 9.90 Å². The molecule has 0 spiro atoms. The van der Waals surface area contributed by atoms with Crippen LogP contribution >= 0.6 is 0 Å². The molecule has 0 unspecified atom stereocenters. The average Bonchev–Trinajstić information content (AvgIpc) is 0.867. The lowest BCUT2D eigenvalue weighted by Gasteiger charge is -2.49. The number of ether oxygens (including phenoxy) is 15. The maximum atomic E-state index is 14.4. The molecule has 8 rings (SSSR count). The minimum Gasteiger partial charge on any atom is -0.497 e. The fourth-order valence-electron chi connectivity index (χ4n) is 11.5. The molecule has 17 nitrogen and oxygen atoms in total. The van der Waals surface area contributed by atoms with Gasteiger partial charge < -0.3 is 76.2 Å². The average molecular weight is 1270 g/mol. The highest BCUT2D eigenvalue weighted by atomic mass is 16.8. The molecule has 6 aromatic carbocycles. The van der Waals surface area contributed by atoms with E-state index in [-0.39, 0.29) is 59.3 Å². The first-order valence-corrected chi connectivity index (χ1v) is 32.8. The molecule has 2 aliphatic heterocycles. The van der Waals surface area contributed by atoms with Gasteiger partial charge in [0.2, 0.25) is 6.29 Å². The van der Waals surface area contributed by atoms with Gasteiger partial charge in [0, 0.05) is 6.42 Å². The van der Waals surface area contributed by atoms with Crippen molar-refractivity contribution in [2.45, 2.75) is 198 Å². The Morgan fingerprint density at radius 1 is 0.391 bits per heavy atom. The van der Waals surface area contributed by atoms with Gasteiger partial charge in [-0.2, -0.15) is 0 Å². The van der Waals surface area contributed by atoms with Gasteiger partial charge in [0.1, 0.15) is 48.5 Å². The number of hydrogen-bond donors (Lipinski definition) is 1. The molecular formula is C75H98O17. The van der Waals surface area contributed by atoms with Crippen molar-refractivity contribution >= 4 is 5.97 Å². The van der Waals surface area contributed by atoms with E-state index in [0.717, 1.165) is 52.6 Å². The number of rotatable bonds is 42.